The van der Waals surface area contributed by atoms with E-state index in [1.54, 1.807) is 0 Å². The van der Waals surface area contributed by atoms with Gasteiger partial charge in [0.25, 0.3) is 0 Å². The smallest absolute Gasteiger partial charge is 0.227 e. The number of para-hydroxylation sites is 3. The van der Waals surface area contributed by atoms with E-state index in [2.05, 4.69) is 5.32 Å². The monoisotopic (exact) mass is 396 g/mol. The van der Waals surface area contributed by atoms with Gasteiger partial charge in [-0.25, -0.2) is 0 Å². The molecule has 0 bridgehead atoms. The van der Waals surface area contributed by atoms with Crippen LogP contribution in [0, 0.1) is 5.92 Å². The molecule has 0 spiro atoms. The van der Waals surface area contributed by atoms with Gasteiger partial charge in [0.05, 0.1) is 19.6 Å². The number of ether oxygens (including phenoxy) is 2. The van der Waals surface area contributed by atoms with Crippen molar-refractivity contribution in [1.29, 1.82) is 0 Å². The van der Waals surface area contributed by atoms with Gasteiger partial charge < -0.3 is 19.7 Å². The molecule has 2 aromatic carbocycles. The highest BCUT2D eigenvalue weighted by Gasteiger charge is 2.27. The lowest BCUT2D eigenvalue weighted by Crippen LogP contribution is -2.41. The Morgan fingerprint density at radius 1 is 0.966 bits per heavy atom. The van der Waals surface area contributed by atoms with Gasteiger partial charge in [0, 0.05) is 24.7 Å². The summed E-state index contributed by atoms with van der Waals surface area (Å²) >= 11 is 0. The van der Waals surface area contributed by atoms with Crippen molar-refractivity contribution in [2.24, 2.45) is 5.92 Å². The molecular formula is C23H28N2O4. The molecule has 1 heterocycles. The van der Waals surface area contributed by atoms with Gasteiger partial charge in [-0.15, -0.1) is 0 Å². The van der Waals surface area contributed by atoms with Crippen LogP contribution in [0.1, 0.15) is 26.2 Å². The van der Waals surface area contributed by atoms with E-state index >= 15 is 0 Å². The Hall–Kier alpha value is -3.02. The molecule has 29 heavy (non-hydrogen) atoms. The zero-order valence-corrected chi connectivity index (χ0v) is 16.8. The molecule has 0 radical (unpaired) electrons. The van der Waals surface area contributed by atoms with E-state index in [1.165, 1.54) is 0 Å². The second-order valence-electron chi connectivity index (χ2n) is 6.99. The van der Waals surface area contributed by atoms with Crippen molar-refractivity contribution in [2.75, 3.05) is 31.6 Å². The van der Waals surface area contributed by atoms with E-state index in [0.29, 0.717) is 57.1 Å². The first kappa shape index (κ1) is 20.7. The molecule has 3 rings (SSSR count). The van der Waals surface area contributed by atoms with Gasteiger partial charge in [0.15, 0.2) is 11.5 Å². The molecule has 6 heteroatoms. The topological polar surface area (TPSA) is 67.9 Å². The number of hydrogen-bond donors (Lipinski definition) is 1. The molecule has 1 N–H and O–H groups in total. The SMILES string of the molecule is CCOc1ccccc1OCCC(=O)N1CCC(C(=O)Nc2ccccc2)CC1. The number of carbonyl (C=O) groups excluding carboxylic acids is 2. The lowest BCUT2D eigenvalue weighted by Gasteiger charge is -2.31. The Morgan fingerprint density at radius 2 is 1.59 bits per heavy atom. The van der Waals surface area contributed by atoms with Crippen molar-refractivity contribution in [3.63, 3.8) is 0 Å². The molecule has 0 aromatic heterocycles. The van der Waals surface area contributed by atoms with Gasteiger partial charge in [-0.05, 0) is 44.0 Å². The van der Waals surface area contributed by atoms with Gasteiger partial charge >= 0.3 is 0 Å². The number of carbonyl (C=O) groups is 2. The van der Waals surface area contributed by atoms with Crippen molar-refractivity contribution >= 4 is 17.5 Å². The minimum absolute atomic E-state index is 0.0270. The van der Waals surface area contributed by atoms with E-state index < -0.39 is 0 Å². The van der Waals surface area contributed by atoms with Crippen LogP contribution in [0.4, 0.5) is 5.69 Å². The summed E-state index contributed by atoms with van der Waals surface area (Å²) in [5, 5.41) is 2.95. The molecule has 0 saturated carbocycles. The van der Waals surface area contributed by atoms with Crippen LogP contribution in [-0.2, 0) is 9.59 Å². The standard InChI is InChI=1S/C23H28N2O4/c1-2-28-20-10-6-7-11-21(20)29-17-14-22(26)25-15-12-18(13-16-25)23(27)24-19-8-4-3-5-9-19/h3-11,18H,2,12-17H2,1H3,(H,24,27). The van der Waals surface area contributed by atoms with Crippen LogP contribution in [0.2, 0.25) is 0 Å². The number of likely N-dealkylation sites (tertiary alicyclic amines) is 1. The summed E-state index contributed by atoms with van der Waals surface area (Å²) in [6.45, 7) is 3.98. The number of piperidine rings is 1. The lowest BCUT2D eigenvalue weighted by molar-refractivity contribution is -0.135. The van der Waals surface area contributed by atoms with Crippen molar-refractivity contribution in [3.8, 4) is 11.5 Å². The van der Waals surface area contributed by atoms with Gasteiger partial charge in [-0.3, -0.25) is 9.59 Å². The molecule has 2 amide bonds. The molecular weight excluding hydrogens is 368 g/mol. The summed E-state index contributed by atoms with van der Waals surface area (Å²) in [6, 6.07) is 16.9. The van der Waals surface area contributed by atoms with Crippen LogP contribution >= 0.6 is 0 Å². The number of anilines is 1. The lowest BCUT2D eigenvalue weighted by atomic mass is 9.95. The fraction of sp³-hybridized carbons (Fsp3) is 0.391. The average Bonchev–Trinajstić information content (AvgIpc) is 2.76. The number of amides is 2. The first-order chi connectivity index (χ1) is 14.2. The van der Waals surface area contributed by atoms with Crippen LogP contribution in [0.3, 0.4) is 0 Å². The normalized spacial score (nSPS) is 14.3. The summed E-state index contributed by atoms with van der Waals surface area (Å²) in [7, 11) is 0. The Labute approximate surface area is 171 Å². The third kappa shape index (κ3) is 5.98. The third-order valence-electron chi connectivity index (χ3n) is 4.98. The Balaban J connectivity index is 1.40. The van der Waals surface area contributed by atoms with E-state index in [0.717, 1.165) is 5.69 Å². The average molecular weight is 396 g/mol. The van der Waals surface area contributed by atoms with Gasteiger partial charge in [0.1, 0.15) is 0 Å². The highest BCUT2D eigenvalue weighted by molar-refractivity contribution is 5.92. The van der Waals surface area contributed by atoms with Crippen molar-refractivity contribution in [3.05, 3.63) is 54.6 Å². The maximum absolute atomic E-state index is 12.5. The minimum Gasteiger partial charge on any atom is -0.490 e. The second kappa shape index (κ2) is 10.5. The predicted molar refractivity (Wildman–Crippen MR) is 112 cm³/mol. The zero-order valence-electron chi connectivity index (χ0n) is 16.8. The summed E-state index contributed by atoms with van der Waals surface area (Å²) in [5.74, 6) is 1.36. The summed E-state index contributed by atoms with van der Waals surface area (Å²) in [4.78, 5) is 26.7. The molecule has 0 unspecified atom stereocenters. The first-order valence-corrected chi connectivity index (χ1v) is 10.2. The summed E-state index contributed by atoms with van der Waals surface area (Å²) < 4.78 is 11.3. The third-order valence-corrected chi connectivity index (χ3v) is 4.98. The van der Waals surface area contributed by atoms with E-state index in [1.807, 2.05) is 66.4 Å². The van der Waals surface area contributed by atoms with Crippen LogP contribution in [0.5, 0.6) is 11.5 Å². The Kier molecular flexibility index (Phi) is 7.50. The highest BCUT2D eigenvalue weighted by Crippen LogP contribution is 2.26. The van der Waals surface area contributed by atoms with Crippen molar-refractivity contribution in [2.45, 2.75) is 26.2 Å². The van der Waals surface area contributed by atoms with Crippen LogP contribution < -0.4 is 14.8 Å². The molecule has 6 nitrogen and oxygen atoms in total. The van der Waals surface area contributed by atoms with E-state index in [-0.39, 0.29) is 17.7 Å². The van der Waals surface area contributed by atoms with Crippen LogP contribution in [0.25, 0.3) is 0 Å². The van der Waals surface area contributed by atoms with Gasteiger partial charge in [-0.2, -0.15) is 0 Å². The molecule has 0 atom stereocenters. The maximum Gasteiger partial charge on any atom is 0.227 e. The second-order valence-corrected chi connectivity index (χ2v) is 6.99. The fourth-order valence-corrected chi connectivity index (χ4v) is 3.41. The Bertz CT molecular complexity index is 802. The zero-order chi connectivity index (χ0) is 20.5. The van der Waals surface area contributed by atoms with E-state index in [4.69, 9.17) is 9.47 Å². The molecule has 1 saturated heterocycles. The van der Waals surface area contributed by atoms with Crippen LogP contribution in [0.15, 0.2) is 54.6 Å². The maximum atomic E-state index is 12.5. The fourth-order valence-electron chi connectivity index (χ4n) is 3.41. The first-order valence-electron chi connectivity index (χ1n) is 10.2. The minimum atomic E-state index is -0.0615. The van der Waals surface area contributed by atoms with Gasteiger partial charge in [0.2, 0.25) is 11.8 Å². The number of hydrogen-bond acceptors (Lipinski definition) is 4. The highest BCUT2D eigenvalue weighted by atomic mass is 16.5. The number of nitrogens with zero attached hydrogens (tertiary/aromatic N) is 1. The number of benzene rings is 2. The van der Waals surface area contributed by atoms with Crippen molar-refractivity contribution < 1.29 is 19.1 Å². The molecule has 154 valence electrons. The molecule has 2 aromatic rings. The van der Waals surface area contributed by atoms with Gasteiger partial charge in [-0.1, -0.05) is 30.3 Å². The predicted octanol–water partition coefficient (Wildman–Crippen LogP) is 3.73. The molecule has 1 aliphatic heterocycles. The number of nitrogens with one attached hydrogen (secondary N) is 1. The number of rotatable bonds is 8. The molecule has 0 aliphatic carbocycles. The Morgan fingerprint density at radius 3 is 2.24 bits per heavy atom. The molecule has 1 aliphatic rings. The summed E-state index contributed by atoms with van der Waals surface area (Å²) in [6.07, 6.45) is 1.66. The molecule has 1 fully saturated rings. The van der Waals surface area contributed by atoms with Crippen molar-refractivity contribution in [1.82, 2.24) is 4.90 Å². The summed E-state index contributed by atoms with van der Waals surface area (Å²) in [5.41, 5.74) is 0.806. The quantitative estimate of drug-likeness (QED) is 0.738. The van der Waals surface area contributed by atoms with Crippen LogP contribution in [-0.4, -0.2) is 43.0 Å². The largest absolute Gasteiger partial charge is 0.490 e. The van der Waals surface area contributed by atoms with E-state index in [9.17, 15) is 9.59 Å².